The number of cyclic esters (lactones) is 2. The van der Waals surface area contributed by atoms with Gasteiger partial charge in [-0.3, -0.25) is 57.5 Å². The molecule has 34 nitrogen and oxygen atoms in total. The Labute approximate surface area is 715 Å². The van der Waals surface area contributed by atoms with Crippen molar-refractivity contribution in [1.29, 1.82) is 0 Å². The van der Waals surface area contributed by atoms with Crippen molar-refractivity contribution in [3.05, 3.63) is 141 Å². The largest absolute Gasteiger partial charge is 0.461 e. The van der Waals surface area contributed by atoms with Crippen molar-refractivity contribution in [2.45, 2.75) is 179 Å². The van der Waals surface area contributed by atoms with Gasteiger partial charge in [0, 0.05) is 71.2 Å². The monoisotopic (exact) mass is 1780 g/mol. The number of esters is 2. The fourth-order valence-electron chi connectivity index (χ4n) is 15.8. The van der Waals surface area contributed by atoms with Gasteiger partial charge in [0.2, 0.25) is 90.9 Å². The van der Waals surface area contributed by atoms with Gasteiger partial charge in [0.1, 0.15) is 109 Å². The molecule has 12 amide bonds. The molecule has 4 aromatic rings. The first-order valence-corrected chi connectivity index (χ1v) is 44.2. The number of fused-ring (bicyclic) bond motifs is 4. The van der Waals surface area contributed by atoms with E-state index in [0.29, 0.717) is 11.1 Å². The van der Waals surface area contributed by atoms with Crippen LogP contribution in [0.25, 0.3) is 0 Å². The molecular weight excluding hydrogens is 1680 g/mol. The Morgan fingerprint density at radius 2 is 0.878 bits per heavy atom. The van der Waals surface area contributed by atoms with E-state index in [9.17, 15) is 102 Å². The first-order valence-electron chi connectivity index (χ1n) is 40.3. The second-order valence-corrected chi connectivity index (χ2v) is 37.0. The van der Waals surface area contributed by atoms with E-state index in [2.05, 4.69) is 41.3 Å². The standard InChI is InChI=1S/C42H55F2N7O10S.C40H50ClF2N7O10S/c1-7-62(59,60)45-19-35-38(54)46-26(5)39(55)51-21-25(4)15-34(51)42(58)61-22-32(40(56)50-20-24(3)14-33(50)41(57)49(35)6)48-37(53)31(17-27-9-8-10-29(43)16-27)47-36(52)18-28-12-11-23(2)13-30(28)44;1-21-11-31-39(56)48(4)33(17-44-61(5,58)59)36(53)45-23(3)37(54)50-19-22(2)12-32(50)40(57)60-20-30(38(55)49(31)18-21)47-35(52)29(14-24-7-6-8-27(42)13-24)46-34(51)15-25-9-10-26(41)16-28(25)43/h8-13,16,24-26,31-35,45H,7,14-15,17-22H2,1-6H3,(H,46,54)(H,47,52)(H,48,53);6-10,13,16,21-23,29-33,44H,11-12,14-15,17-20H2,1-5H3,(H,45,53)(H,46,51)(H,47,52)/t24?,25-,26+,31+,32+,33+,34+,35+;21?,22-,23+,29+,30+,31+,32+,33+/m11/s1. The summed E-state index contributed by atoms with van der Waals surface area (Å²) in [6.07, 6.45) is -0.178. The number of nitrogens with one attached hydrogen (secondary N) is 8. The molecule has 6 saturated heterocycles. The Hall–Kier alpha value is -10.7. The topological polar surface area (TPSA) is 441 Å². The number of halogens is 5. The number of nitrogens with zero attached hydrogens (tertiary/aromatic N) is 6. The average molecular weight is 1780 g/mol. The van der Waals surface area contributed by atoms with Crippen molar-refractivity contribution in [2.24, 2.45) is 23.7 Å². The summed E-state index contributed by atoms with van der Waals surface area (Å²) < 4.78 is 123. The summed E-state index contributed by atoms with van der Waals surface area (Å²) in [5.74, 6) is -15.6. The molecule has 0 saturated carbocycles. The van der Waals surface area contributed by atoms with Crippen LogP contribution in [-0.4, -0.2) is 280 Å². The molecule has 10 rings (SSSR count). The molecule has 4 aromatic carbocycles. The zero-order valence-corrected chi connectivity index (χ0v) is 72.3. The van der Waals surface area contributed by atoms with Gasteiger partial charge in [-0.1, -0.05) is 81.8 Å². The molecule has 6 fully saturated rings. The number of rotatable bonds is 21. The van der Waals surface area contributed by atoms with Crippen LogP contribution in [-0.2, 0) is 122 Å². The molecule has 670 valence electrons. The molecule has 0 radical (unpaired) electrons. The highest BCUT2D eigenvalue weighted by molar-refractivity contribution is 7.89. The van der Waals surface area contributed by atoms with Gasteiger partial charge in [0.15, 0.2) is 0 Å². The molecule has 0 aromatic heterocycles. The molecule has 6 heterocycles. The lowest BCUT2D eigenvalue weighted by atomic mass is 10.0. The van der Waals surface area contributed by atoms with E-state index >= 15 is 0 Å². The molecule has 2 unspecified atom stereocenters. The second-order valence-electron chi connectivity index (χ2n) is 32.6. The molecule has 6 aliphatic heterocycles. The van der Waals surface area contributed by atoms with Crippen molar-refractivity contribution >= 4 is 114 Å². The zero-order valence-electron chi connectivity index (χ0n) is 69.9. The normalized spacial score (nSPS) is 25.9. The smallest absolute Gasteiger partial charge is 0.328 e. The minimum Gasteiger partial charge on any atom is -0.461 e. The Kier molecular flexibility index (Phi) is 32.5. The number of carbonyl (C=O) groups is 14. The van der Waals surface area contributed by atoms with Crippen molar-refractivity contribution in [1.82, 2.24) is 70.7 Å². The van der Waals surface area contributed by atoms with Crippen LogP contribution < -0.4 is 41.3 Å². The third-order valence-electron chi connectivity index (χ3n) is 22.3. The number of aryl methyl sites for hydroxylation is 1. The van der Waals surface area contributed by atoms with Crippen LogP contribution in [0.5, 0.6) is 0 Å². The lowest BCUT2D eigenvalue weighted by molar-refractivity contribution is -0.158. The number of hydrogen-bond acceptors (Lipinski definition) is 20. The summed E-state index contributed by atoms with van der Waals surface area (Å²) in [5.41, 5.74) is 1.20. The fraction of sp³-hybridized carbons (Fsp3) is 0.537. The van der Waals surface area contributed by atoms with E-state index in [-0.39, 0.29) is 116 Å². The summed E-state index contributed by atoms with van der Waals surface area (Å²) in [5, 5.41) is 15.4. The molecule has 8 N–H and O–H groups in total. The molecule has 0 aliphatic carbocycles. The summed E-state index contributed by atoms with van der Waals surface area (Å²) in [6, 6.07) is 1.91. The van der Waals surface area contributed by atoms with Crippen molar-refractivity contribution in [3.8, 4) is 0 Å². The number of hydrogen-bond donors (Lipinski definition) is 8. The minimum atomic E-state index is -3.88. The molecule has 6 aliphatic rings. The first-order chi connectivity index (χ1) is 57.8. The Morgan fingerprint density at radius 1 is 0.504 bits per heavy atom. The van der Waals surface area contributed by atoms with Crippen LogP contribution in [0.4, 0.5) is 17.6 Å². The van der Waals surface area contributed by atoms with E-state index < -0.39 is 238 Å². The van der Waals surface area contributed by atoms with Gasteiger partial charge >= 0.3 is 11.9 Å². The molecule has 16 atom stereocenters. The van der Waals surface area contributed by atoms with Crippen molar-refractivity contribution in [3.63, 3.8) is 0 Å². The van der Waals surface area contributed by atoms with E-state index in [1.807, 2.05) is 0 Å². The number of carbonyl (C=O) groups excluding carboxylic acids is 14. The van der Waals surface area contributed by atoms with Crippen LogP contribution in [0.1, 0.15) is 102 Å². The zero-order chi connectivity index (χ0) is 90.5. The van der Waals surface area contributed by atoms with Gasteiger partial charge in [-0.05, 0) is 147 Å². The highest BCUT2D eigenvalue weighted by atomic mass is 35.5. The Balaban J connectivity index is 0.000000279. The van der Waals surface area contributed by atoms with Crippen LogP contribution in [0.15, 0.2) is 84.9 Å². The molecule has 0 spiro atoms. The lowest BCUT2D eigenvalue weighted by Gasteiger charge is -2.35. The minimum absolute atomic E-state index is 0.00620. The molecule has 0 bridgehead atoms. The summed E-state index contributed by atoms with van der Waals surface area (Å²) in [4.78, 5) is 203. The van der Waals surface area contributed by atoms with Gasteiger partial charge in [0.05, 0.1) is 24.9 Å². The third-order valence-corrected chi connectivity index (χ3v) is 24.6. The van der Waals surface area contributed by atoms with Crippen molar-refractivity contribution < 1.29 is 111 Å². The summed E-state index contributed by atoms with van der Waals surface area (Å²) in [6.45, 7) is 10.5. The first kappa shape index (κ1) is 96.1. The number of sulfonamides is 2. The van der Waals surface area contributed by atoms with E-state index in [4.69, 9.17) is 21.1 Å². The number of amides is 12. The maximum absolute atomic E-state index is 14.8. The van der Waals surface area contributed by atoms with Gasteiger partial charge in [0.25, 0.3) is 0 Å². The van der Waals surface area contributed by atoms with Gasteiger partial charge < -0.3 is 70.8 Å². The quantitative estimate of drug-likeness (QED) is 0.0418. The van der Waals surface area contributed by atoms with Crippen LogP contribution >= 0.6 is 11.6 Å². The van der Waals surface area contributed by atoms with Gasteiger partial charge in [-0.2, -0.15) is 0 Å². The van der Waals surface area contributed by atoms with Crippen molar-refractivity contribution in [2.75, 3.05) is 78.6 Å². The molecule has 123 heavy (non-hydrogen) atoms. The fourth-order valence-corrected chi connectivity index (χ4v) is 17.0. The summed E-state index contributed by atoms with van der Waals surface area (Å²) in [7, 11) is -5.22. The predicted octanol–water partition coefficient (Wildman–Crippen LogP) is 0.615. The average Bonchev–Trinajstić information content (AvgIpc) is 1.66. The maximum atomic E-state index is 14.8. The highest BCUT2D eigenvalue weighted by Gasteiger charge is 2.50. The van der Waals surface area contributed by atoms with Crippen LogP contribution in [0.3, 0.4) is 0 Å². The van der Waals surface area contributed by atoms with Gasteiger partial charge in [-0.25, -0.2) is 53.4 Å². The molecular formula is C82H105ClF4N14O20S2. The maximum Gasteiger partial charge on any atom is 0.328 e. The number of ether oxygens (including phenoxy) is 2. The van der Waals surface area contributed by atoms with E-state index in [0.717, 1.165) is 34.3 Å². The van der Waals surface area contributed by atoms with Crippen LogP contribution in [0, 0.1) is 53.9 Å². The Bertz CT molecular complexity index is 4940. The third kappa shape index (κ3) is 25.5. The lowest BCUT2D eigenvalue weighted by Crippen LogP contribution is -2.62. The van der Waals surface area contributed by atoms with E-state index in [1.165, 1.54) is 115 Å². The second kappa shape index (κ2) is 41.6. The number of likely N-dealkylation sites (N-methyl/N-ethyl adjacent to an activating group) is 2. The predicted molar refractivity (Wildman–Crippen MR) is 436 cm³/mol. The van der Waals surface area contributed by atoms with Gasteiger partial charge in [-0.15, -0.1) is 0 Å². The Morgan fingerprint density at radius 3 is 1.25 bits per heavy atom. The SMILES string of the molecule is CC1C[C@H]2C(=O)N(C)[C@@H](CNS(C)(=O)=O)C(=O)N[C@@H](C)C(=O)N3C[C@H](C)C[C@H]3C(=O)OC[C@H](NC(=O)[C@H](Cc3cccc(F)c3)NC(=O)Cc3ccc(Cl)cc3F)C(=O)N2C1.CCS(=O)(=O)NC[C@H]1C(=O)N[C@@H](C)C(=O)N2C[C@H](C)C[C@H]2C(=O)OC[C@H](NC(=O)[C@H](Cc2cccc(F)c2)NC(=O)Cc2ccc(C)cc2F)C(=O)N2CC(C)C[C@H]2C(=O)N1C. The summed E-state index contributed by atoms with van der Waals surface area (Å²) >= 11 is 5.86. The number of benzene rings is 4. The highest BCUT2D eigenvalue weighted by Crippen LogP contribution is 2.32. The van der Waals surface area contributed by atoms with Crippen LogP contribution in [0.2, 0.25) is 5.02 Å². The van der Waals surface area contributed by atoms with E-state index in [1.54, 1.807) is 40.7 Å². The molecule has 41 heteroatoms.